The lowest BCUT2D eigenvalue weighted by molar-refractivity contribution is 0.388. The van der Waals surface area contributed by atoms with Crippen molar-refractivity contribution in [2.45, 2.75) is 12.4 Å². The highest BCUT2D eigenvalue weighted by atomic mass is 16.4. The van der Waals surface area contributed by atoms with E-state index in [1.165, 1.54) is 0 Å². The average Bonchev–Trinajstić information content (AvgIpc) is 1.67. The van der Waals surface area contributed by atoms with Gasteiger partial charge in [-0.25, -0.2) is 0 Å². The maximum atomic E-state index is 8.29. The number of nitrogens with two attached hydrogens (primary N) is 1. The summed E-state index contributed by atoms with van der Waals surface area (Å²) < 4.78 is 0. The summed E-state index contributed by atoms with van der Waals surface area (Å²) >= 11 is 0. The molecule has 8 heavy (non-hydrogen) atoms. The summed E-state index contributed by atoms with van der Waals surface area (Å²) in [6.45, 7) is 0. The molecule has 0 spiro atoms. The molecule has 0 aromatic carbocycles. The van der Waals surface area contributed by atoms with Crippen LogP contribution in [0.1, 0.15) is 6.42 Å². The molecule has 0 fully saturated rings. The monoisotopic (exact) mass is 113 g/mol. The van der Waals surface area contributed by atoms with Crippen LogP contribution in [0, 0.1) is 12.3 Å². The van der Waals surface area contributed by atoms with Crippen molar-refractivity contribution in [1.82, 2.24) is 0 Å². The second kappa shape index (κ2) is 3.50. The molecule has 0 unspecified atom stereocenters. The van der Waals surface area contributed by atoms with Crippen molar-refractivity contribution in [2.75, 3.05) is 0 Å². The summed E-state index contributed by atoms with van der Waals surface area (Å²) in [6, 6.07) is 0. The van der Waals surface area contributed by atoms with Gasteiger partial charge in [0, 0.05) is 6.42 Å². The molecule has 3 nitrogen and oxygen atoms in total. The van der Waals surface area contributed by atoms with E-state index >= 15 is 0 Å². The Morgan fingerprint density at radius 3 is 2.38 bits per heavy atom. The second-order valence-corrected chi connectivity index (χ2v) is 1.49. The van der Waals surface area contributed by atoms with Crippen LogP contribution in [0.2, 0.25) is 0 Å². The van der Waals surface area contributed by atoms with Gasteiger partial charge in [-0.05, 0) is 0 Å². The zero-order valence-corrected chi connectivity index (χ0v) is 4.41. The topological polar surface area (TPSA) is 66.5 Å². The summed E-state index contributed by atoms with van der Waals surface area (Å²) in [6.07, 6.45) is 5.01. The minimum atomic E-state index is -1.49. The van der Waals surface area contributed by atoms with Crippen LogP contribution in [0.25, 0.3) is 0 Å². The highest BCUT2D eigenvalue weighted by Crippen LogP contribution is 1.84. The van der Waals surface area contributed by atoms with Gasteiger partial charge in [0.15, 0.2) is 0 Å². The number of rotatable bonds is 2. The molecular weight excluding hydrogens is 105 g/mol. The van der Waals surface area contributed by atoms with Crippen molar-refractivity contribution in [3.8, 4) is 12.3 Å². The lowest BCUT2D eigenvalue weighted by atomic mass is 9.79. The first-order valence-electron chi connectivity index (χ1n) is 2.23. The SMILES string of the molecule is C#CC[C@@H](N)B(O)O. The van der Waals surface area contributed by atoms with Gasteiger partial charge in [0.1, 0.15) is 0 Å². The molecule has 0 heterocycles. The molecular formula is C4H8BNO2. The smallest absolute Gasteiger partial charge is 0.426 e. The Labute approximate surface area is 48.7 Å². The molecule has 0 saturated carbocycles. The minimum Gasteiger partial charge on any atom is -0.426 e. The Hall–Kier alpha value is -0.495. The first kappa shape index (κ1) is 7.50. The van der Waals surface area contributed by atoms with Crippen LogP contribution < -0.4 is 5.73 Å². The lowest BCUT2D eigenvalue weighted by Gasteiger charge is -2.02. The van der Waals surface area contributed by atoms with Gasteiger partial charge in [-0.1, -0.05) is 0 Å². The van der Waals surface area contributed by atoms with Crippen LogP contribution in [-0.4, -0.2) is 23.1 Å². The van der Waals surface area contributed by atoms with E-state index in [1.54, 1.807) is 0 Å². The van der Waals surface area contributed by atoms with Gasteiger partial charge in [-0.2, -0.15) is 0 Å². The van der Waals surface area contributed by atoms with E-state index < -0.39 is 13.1 Å². The largest absolute Gasteiger partial charge is 0.470 e. The molecule has 44 valence electrons. The maximum absolute atomic E-state index is 8.29. The molecule has 0 aliphatic heterocycles. The third kappa shape index (κ3) is 2.64. The summed E-state index contributed by atoms with van der Waals surface area (Å²) in [7, 11) is -1.49. The van der Waals surface area contributed by atoms with Gasteiger partial charge in [0.2, 0.25) is 0 Å². The van der Waals surface area contributed by atoms with Gasteiger partial charge < -0.3 is 15.8 Å². The maximum Gasteiger partial charge on any atom is 0.470 e. The van der Waals surface area contributed by atoms with Gasteiger partial charge in [0.25, 0.3) is 0 Å². The van der Waals surface area contributed by atoms with Crippen LogP contribution >= 0.6 is 0 Å². The minimum absolute atomic E-state index is 0.192. The highest BCUT2D eigenvalue weighted by Gasteiger charge is 2.16. The molecule has 0 aliphatic carbocycles. The highest BCUT2D eigenvalue weighted by molar-refractivity contribution is 6.43. The molecule has 4 N–H and O–H groups in total. The summed E-state index contributed by atoms with van der Waals surface area (Å²) in [5.41, 5.74) is 5.08. The Morgan fingerprint density at radius 1 is 1.75 bits per heavy atom. The van der Waals surface area contributed by atoms with Crippen molar-refractivity contribution >= 4 is 7.12 Å². The van der Waals surface area contributed by atoms with Gasteiger partial charge >= 0.3 is 7.12 Å². The van der Waals surface area contributed by atoms with Crippen LogP contribution in [0.4, 0.5) is 0 Å². The summed E-state index contributed by atoms with van der Waals surface area (Å²) in [4.78, 5) is 0. The Balaban J connectivity index is 3.35. The van der Waals surface area contributed by atoms with Crippen LogP contribution in [0.15, 0.2) is 0 Å². The van der Waals surface area contributed by atoms with E-state index in [0.29, 0.717) is 0 Å². The quantitative estimate of drug-likeness (QED) is 0.297. The fraction of sp³-hybridized carbons (Fsp3) is 0.500. The molecule has 0 aromatic heterocycles. The molecule has 0 rings (SSSR count). The van der Waals surface area contributed by atoms with E-state index in [-0.39, 0.29) is 6.42 Å². The molecule has 0 aromatic rings. The van der Waals surface area contributed by atoms with Crippen molar-refractivity contribution in [1.29, 1.82) is 0 Å². The van der Waals surface area contributed by atoms with E-state index in [9.17, 15) is 0 Å². The molecule has 0 aliphatic rings. The van der Waals surface area contributed by atoms with Gasteiger partial charge in [-0.15, -0.1) is 12.3 Å². The fourth-order valence-electron chi connectivity index (χ4n) is 0.241. The Bertz CT molecular complexity index is 98.7. The van der Waals surface area contributed by atoms with Crippen molar-refractivity contribution in [3.05, 3.63) is 0 Å². The fourth-order valence-corrected chi connectivity index (χ4v) is 0.241. The number of hydrogen-bond acceptors (Lipinski definition) is 3. The van der Waals surface area contributed by atoms with Crippen molar-refractivity contribution in [2.24, 2.45) is 5.73 Å². The first-order valence-corrected chi connectivity index (χ1v) is 2.23. The third-order valence-electron chi connectivity index (χ3n) is 0.737. The zero-order valence-electron chi connectivity index (χ0n) is 4.41. The van der Waals surface area contributed by atoms with Crippen LogP contribution in [0.3, 0.4) is 0 Å². The third-order valence-corrected chi connectivity index (χ3v) is 0.737. The molecule has 4 heteroatoms. The summed E-state index contributed by atoms with van der Waals surface area (Å²) in [5, 5.41) is 16.6. The number of hydrogen-bond donors (Lipinski definition) is 3. The lowest BCUT2D eigenvalue weighted by Crippen LogP contribution is -2.38. The van der Waals surface area contributed by atoms with E-state index in [4.69, 9.17) is 22.2 Å². The van der Waals surface area contributed by atoms with E-state index in [0.717, 1.165) is 0 Å². The predicted molar refractivity (Wildman–Crippen MR) is 31.6 cm³/mol. The van der Waals surface area contributed by atoms with Gasteiger partial charge in [-0.3, -0.25) is 0 Å². The molecule has 1 atom stereocenters. The van der Waals surface area contributed by atoms with Gasteiger partial charge in [0.05, 0.1) is 5.94 Å². The van der Waals surface area contributed by atoms with E-state index in [1.807, 2.05) is 0 Å². The first-order chi connectivity index (χ1) is 3.68. The zero-order chi connectivity index (χ0) is 6.57. The average molecular weight is 113 g/mol. The predicted octanol–water partition coefficient (Wildman–Crippen LogP) is -1.65. The number of terminal acetylenes is 1. The molecule has 0 bridgehead atoms. The molecule has 0 saturated heterocycles. The van der Waals surface area contributed by atoms with Crippen molar-refractivity contribution in [3.63, 3.8) is 0 Å². The second-order valence-electron chi connectivity index (χ2n) is 1.49. The molecule has 0 radical (unpaired) electrons. The standard InChI is InChI=1S/C4H8BNO2/c1-2-3-4(6)5(7)8/h1,4,7-8H,3,6H2/t4-/m1/s1. The Morgan fingerprint density at radius 2 is 2.25 bits per heavy atom. The van der Waals surface area contributed by atoms with Crippen molar-refractivity contribution < 1.29 is 10.0 Å². The van der Waals surface area contributed by atoms with Crippen LogP contribution in [-0.2, 0) is 0 Å². The molecule has 0 amide bonds. The normalized spacial score (nSPS) is 12.2. The Kier molecular flexibility index (Phi) is 3.28. The van der Waals surface area contributed by atoms with E-state index in [2.05, 4.69) is 5.92 Å². The van der Waals surface area contributed by atoms with Crippen LogP contribution in [0.5, 0.6) is 0 Å². The summed E-state index contributed by atoms with van der Waals surface area (Å²) in [5.74, 6) is 1.50.